The average Bonchev–Trinajstić information content (AvgIpc) is 3.57. The smallest absolute Gasteiger partial charge is 0.337 e. The zero-order valence-electron chi connectivity index (χ0n) is 54.6. The van der Waals surface area contributed by atoms with Gasteiger partial charge in [-0.2, -0.15) is 0 Å². The van der Waals surface area contributed by atoms with Crippen LogP contribution in [0.5, 0.6) is 0 Å². The van der Waals surface area contributed by atoms with Crippen molar-refractivity contribution in [1.29, 1.82) is 0 Å². The van der Waals surface area contributed by atoms with Crippen molar-refractivity contribution in [3.63, 3.8) is 0 Å². The molecule has 3 unspecified atom stereocenters. The number of esters is 5. The van der Waals surface area contributed by atoms with Crippen LogP contribution in [0.2, 0.25) is 0 Å². The van der Waals surface area contributed by atoms with Crippen molar-refractivity contribution in [2.24, 2.45) is 16.2 Å². The first-order valence-corrected chi connectivity index (χ1v) is 28.5. The van der Waals surface area contributed by atoms with Gasteiger partial charge < -0.3 is 66.3 Å². The van der Waals surface area contributed by atoms with E-state index in [0.29, 0.717) is 33.9 Å². The second-order valence-corrected chi connectivity index (χ2v) is 27.0. The van der Waals surface area contributed by atoms with Crippen LogP contribution in [-0.4, -0.2) is 257 Å². The van der Waals surface area contributed by atoms with Gasteiger partial charge in [0.15, 0.2) is 22.8 Å². The van der Waals surface area contributed by atoms with Gasteiger partial charge in [-0.3, -0.25) is 24.0 Å². The van der Waals surface area contributed by atoms with Gasteiger partial charge in [0, 0.05) is 38.9 Å². The van der Waals surface area contributed by atoms with Crippen LogP contribution in [0.1, 0.15) is 108 Å². The van der Waals surface area contributed by atoms with Gasteiger partial charge in [-0.05, 0) is 131 Å². The van der Waals surface area contributed by atoms with Crippen molar-refractivity contribution in [3.05, 3.63) is 35.9 Å². The summed E-state index contributed by atoms with van der Waals surface area (Å²) in [4.78, 5) is 102. The number of hydrogen-bond donors (Lipinski definition) is 0. The van der Waals surface area contributed by atoms with Crippen LogP contribution in [0.25, 0.3) is 0 Å². The van der Waals surface area contributed by atoms with Crippen molar-refractivity contribution in [3.8, 4) is 0 Å². The lowest BCUT2D eigenvalue weighted by Crippen LogP contribution is -2.49. The summed E-state index contributed by atoms with van der Waals surface area (Å²) in [6, 6.07) is 8.98. The molecule has 0 spiro atoms. The minimum atomic E-state index is -1.75. The fourth-order valence-electron chi connectivity index (χ4n) is 7.29. The van der Waals surface area contributed by atoms with Crippen LogP contribution in [0.4, 0.5) is 0 Å². The highest BCUT2D eigenvalue weighted by Gasteiger charge is 2.47. The molecular formula is C61H109N5O16+2. The number of nitrogens with zero attached hydrogens (tertiary/aromatic N) is 5. The minimum absolute atomic E-state index is 0.0986. The van der Waals surface area contributed by atoms with Crippen molar-refractivity contribution >= 4 is 41.4 Å². The van der Waals surface area contributed by atoms with Crippen LogP contribution < -0.4 is 0 Å². The topological polar surface area (TPSA) is 212 Å². The SMILES string of the molecule is CC(=O)C(C)(C)OCC(C)(COC(=O)C(C)(C)OCC(C)(COC(C)(C)C(=O)OCC(C)(COC(C)(C)C(=O)CCN(C)C)C(=O)OCCC[N+](C)(C)CCN(C)C)C(=O)OCc1ccccc1)C(=O)OCCC[N+](C)(C)CCN(C)C. The quantitative estimate of drug-likeness (QED) is 0.0353. The molecule has 0 saturated carbocycles. The molecule has 1 rings (SSSR count). The fraction of sp³-hybridized carbons (Fsp3) is 0.787. The standard InChI is InChI=1S/C61H109N5O16/c1-47(67)55(2,3)79-43-59(10,52(71)74-38-26-34-65(19,20)36-32-63(15)16)41-77-50(69)57(6,7)81-45-61(12,54(73)76-40-48-28-24-23-25-29-48)46-82-58(8,9)51(70)78-42-60(11,44-80-56(4,5)49(68)30-31-62(13)14)53(72)75-39-27-35-66(21,22)37-33-64(17)18/h23-25,28-29H,26-27,30-46H2,1-22H3/q+2. The number of benzene rings is 1. The zero-order valence-corrected chi connectivity index (χ0v) is 54.6. The highest BCUT2D eigenvalue weighted by Crippen LogP contribution is 2.31. The van der Waals surface area contributed by atoms with E-state index in [4.69, 9.17) is 42.6 Å². The molecule has 0 amide bonds. The zero-order chi connectivity index (χ0) is 63.2. The third kappa shape index (κ3) is 27.5. The van der Waals surface area contributed by atoms with Gasteiger partial charge in [0.05, 0.1) is 94.0 Å². The Hall–Kier alpha value is -4.45. The normalized spacial score (nSPS) is 15.1. The number of ether oxygens (including phenoxy) is 9. The van der Waals surface area contributed by atoms with Crippen molar-refractivity contribution < 1.29 is 85.2 Å². The molecule has 0 radical (unpaired) electrons. The second kappa shape index (κ2) is 32.7. The lowest BCUT2D eigenvalue weighted by Gasteiger charge is -2.35. The van der Waals surface area contributed by atoms with Crippen LogP contribution in [0, 0.1) is 16.2 Å². The van der Waals surface area contributed by atoms with Crippen LogP contribution in [0.3, 0.4) is 0 Å². The third-order valence-corrected chi connectivity index (χ3v) is 14.6. The van der Waals surface area contributed by atoms with E-state index in [2.05, 4.69) is 38.0 Å². The molecule has 0 aliphatic carbocycles. The van der Waals surface area contributed by atoms with E-state index in [-0.39, 0.29) is 51.0 Å². The Kier molecular flexibility index (Phi) is 30.2. The Bertz CT molecular complexity index is 2200. The molecule has 472 valence electrons. The molecule has 0 N–H and O–H groups in total. The maximum Gasteiger partial charge on any atom is 0.337 e. The van der Waals surface area contributed by atoms with Gasteiger partial charge in [0.25, 0.3) is 0 Å². The highest BCUT2D eigenvalue weighted by molar-refractivity contribution is 5.87. The summed E-state index contributed by atoms with van der Waals surface area (Å²) in [5.74, 6) is -4.38. The molecule has 1 aromatic rings. The number of carbonyl (C=O) groups is 7. The summed E-state index contributed by atoms with van der Waals surface area (Å²) in [6.07, 6.45) is 1.35. The van der Waals surface area contributed by atoms with Crippen LogP contribution >= 0.6 is 0 Å². The molecule has 0 aliphatic heterocycles. The van der Waals surface area contributed by atoms with Crippen molar-refractivity contribution in [1.82, 2.24) is 14.7 Å². The van der Waals surface area contributed by atoms with Crippen LogP contribution in [0.15, 0.2) is 30.3 Å². The van der Waals surface area contributed by atoms with E-state index < -0.39 is 94.9 Å². The number of carbonyl (C=O) groups excluding carboxylic acids is 7. The number of likely N-dealkylation sites (N-methyl/N-ethyl adjacent to an activating group) is 4. The third-order valence-electron chi connectivity index (χ3n) is 14.6. The number of Topliss-reactive ketones (excluding diaryl/α,β-unsaturated/α-hetero) is 2. The largest absolute Gasteiger partial charge is 0.465 e. The first kappa shape index (κ1) is 75.6. The monoisotopic (exact) mass is 1170 g/mol. The summed E-state index contributed by atoms with van der Waals surface area (Å²) in [5.41, 5.74) is -10.1. The lowest BCUT2D eigenvalue weighted by molar-refractivity contribution is -0.890. The Labute approximate surface area is 492 Å². The molecule has 0 fully saturated rings. The molecule has 0 aromatic heterocycles. The molecule has 0 heterocycles. The van der Waals surface area contributed by atoms with E-state index in [1.165, 1.54) is 48.5 Å². The summed E-state index contributed by atoms with van der Waals surface area (Å²) in [7, 11) is 20.2. The van der Waals surface area contributed by atoms with E-state index >= 15 is 0 Å². The number of hydrogen-bond acceptors (Lipinski definition) is 19. The van der Waals surface area contributed by atoms with Gasteiger partial charge in [0.1, 0.15) is 47.3 Å². The van der Waals surface area contributed by atoms with E-state index in [0.717, 1.165) is 39.3 Å². The first-order valence-electron chi connectivity index (χ1n) is 28.5. The number of rotatable bonds is 42. The second-order valence-electron chi connectivity index (χ2n) is 27.0. The predicted octanol–water partition coefficient (Wildman–Crippen LogP) is 5.27. The summed E-state index contributed by atoms with van der Waals surface area (Å²) >= 11 is 0. The number of quaternary nitrogens is 2. The van der Waals surface area contributed by atoms with Gasteiger partial charge in [-0.25, -0.2) is 9.59 Å². The Balaban J connectivity index is 3.42. The molecule has 82 heavy (non-hydrogen) atoms. The summed E-state index contributed by atoms with van der Waals surface area (Å²) in [6.45, 7) is 21.1. The summed E-state index contributed by atoms with van der Waals surface area (Å²) < 4.78 is 55.0. The lowest BCUT2D eigenvalue weighted by atomic mass is 9.91. The average molecular weight is 1170 g/mol. The van der Waals surface area contributed by atoms with E-state index in [9.17, 15) is 33.6 Å². The molecular weight excluding hydrogens is 1060 g/mol. The maximum absolute atomic E-state index is 14.2. The molecule has 0 aliphatic rings. The summed E-state index contributed by atoms with van der Waals surface area (Å²) in [5, 5.41) is 0. The molecule has 3 atom stereocenters. The molecule has 21 nitrogen and oxygen atoms in total. The van der Waals surface area contributed by atoms with Gasteiger partial charge in [0.2, 0.25) is 0 Å². The minimum Gasteiger partial charge on any atom is -0.465 e. The maximum atomic E-state index is 14.2. The fourth-order valence-corrected chi connectivity index (χ4v) is 7.29. The Morgan fingerprint density at radius 2 is 0.756 bits per heavy atom. The predicted molar refractivity (Wildman–Crippen MR) is 313 cm³/mol. The Morgan fingerprint density at radius 1 is 0.415 bits per heavy atom. The van der Waals surface area contributed by atoms with Gasteiger partial charge >= 0.3 is 29.8 Å². The number of ketones is 2. The van der Waals surface area contributed by atoms with E-state index in [1.807, 2.05) is 53.3 Å². The van der Waals surface area contributed by atoms with Crippen LogP contribution in [-0.2, 0) is 82.8 Å². The van der Waals surface area contributed by atoms with Gasteiger partial charge in [-0.15, -0.1) is 0 Å². The molecule has 1 aromatic carbocycles. The molecule has 0 bridgehead atoms. The molecule has 21 heteroatoms. The first-order chi connectivity index (χ1) is 37.5. The van der Waals surface area contributed by atoms with Gasteiger partial charge in [-0.1, -0.05) is 30.3 Å². The van der Waals surface area contributed by atoms with E-state index in [1.54, 1.807) is 58.9 Å². The Morgan fingerprint density at radius 3 is 1.12 bits per heavy atom. The highest BCUT2D eigenvalue weighted by atomic mass is 16.6. The molecule has 0 saturated heterocycles. The van der Waals surface area contributed by atoms with Crippen molar-refractivity contribution in [2.45, 2.75) is 131 Å². The van der Waals surface area contributed by atoms with Crippen molar-refractivity contribution in [2.75, 3.05) is 169 Å².